The highest BCUT2D eigenvalue weighted by molar-refractivity contribution is 5.92. The Morgan fingerprint density at radius 1 is 1.32 bits per heavy atom. The number of aryl methyl sites for hydroxylation is 1. The maximum absolute atomic E-state index is 11.7. The lowest BCUT2D eigenvalue weighted by Gasteiger charge is -2.15. The molecule has 0 spiro atoms. The molecule has 19 heavy (non-hydrogen) atoms. The van der Waals surface area contributed by atoms with Gasteiger partial charge < -0.3 is 15.4 Å². The lowest BCUT2D eigenvalue weighted by Crippen LogP contribution is -2.19. The van der Waals surface area contributed by atoms with E-state index in [0.29, 0.717) is 0 Å². The van der Waals surface area contributed by atoms with Crippen molar-refractivity contribution in [3.05, 3.63) is 23.8 Å². The van der Waals surface area contributed by atoms with Crippen LogP contribution in [0.2, 0.25) is 0 Å². The summed E-state index contributed by atoms with van der Waals surface area (Å²) in [7, 11) is 1.69. The summed E-state index contributed by atoms with van der Waals surface area (Å²) in [4.78, 5) is 11.7. The molecule has 1 atom stereocenters. The van der Waals surface area contributed by atoms with Gasteiger partial charge in [-0.1, -0.05) is 19.9 Å². The molecule has 0 fully saturated rings. The molecule has 0 aliphatic carbocycles. The molecular weight excluding hydrogens is 240 g/mol. The minimum atomic E-state index is -0.0220. The average molecular weight is 264 g/mol. The van der Waals surface area contributed by atoms with E-state index in [1.807, 2.05) is 45.9 Å². The SMILES string of the molecule is CO[C@@H](C)CNc1cc(NC(=O)C(C)C)ccc1C. The summed E-state index contributed by atoms with van der Waals surface area (Å²) in [6.07, 6.45) is 0.147. The number of methoxy groups -OCH3 is 1. The monoisotopic (exact) mass is 264 g/mol. The van der Waals surface area contributed by atoms with Crippen LogP contribution in [0.25, 0.3) is 0 Å². The number of anilines is 2. The highest BCUT2D eigenvalue weighted by Gasteiger charge is 2.08. The summed E-state index contributed by atoms with van der Waals surface area (Å²) < 4.78 is 5.21. The fourth-order valence-electron chi connectivity index (χ4n) is 1.51. The Morgan fingerprint density at radius 2 is 2.00 bits per heavy atom. The van der Waals surface area contributed by atoms with Crippen molar-refractivity contribution in [2.75, 3.05) is 24.3 Å². The van der Waals surface area contributed by atoms with E-state index in [1.54, 1.807) is 7.11 Å². The Hall–Kier alpha value is -1.55. The number of carbonyl (C=O) groups excluding carboxylic acids is 1. The summed E-state index contributed by atoms with van der Waals surface area (Å²) in [6, 6.07) is 5.87. The fraction of sp³-hybridized carbons (Fsp3) is 0.533. The lowest BCUT2D eigenvalue weighted by atomic mass is 10.1. The molecule has 0 heterocycles. The molecule has 0 saturated carbocycles. The number of carbonyl (C=O) groups is 1. The van der Waals surface area contributed by atoms with Crippen LogP contribution in [0.5, 0.6) is 0 Å². The number of nitrogens with one attached hydrogen (secondary N) is 2. The minimum Gasteiger partial charge on any atom is -0.382 e. The van der Waals surface area contributed by atoms with E-state index in [-0.39, 0.29) is 17.9 Å². The summed E-state index contributed by atoms with van der Waals surface area (Å²) in [5, 5.41) is 6.23. The van der Waals surface area contributed by atoms with Crippen LogP contribution in [0.1, 0.15) is 26.3 Å². The molecule has 4 heteroatoms. The minimum absolute atomic E-state index is 0.0220. The molecular formula is C15H24N2O2. The first-order chi connectivity index (χ1) is 8.93. The van der Waals surface area contributed by atoms with Crippen LogP contribution >= 0.6 is 0 Å². The maximum atomic E-state index is 11.7. The van der Waals surface area contributed by atoms with Crippen molar-refractivity contribution >= 4 is 17.3 Å². The fourth-order valence-corrected chi connectivity index (χ4v) is 1.51. The number of ether oxygens (including phenoxy) is 1. The van der Waals surface area contributed by atoms with Crippen molar-refractivity contribution in [2.24, 2.45) is 5.92 Å². The van der Waals surface area contributed by atoms with E-state index in [2.05, 4.69) is 10.6 Å². The Bertz CT molecular complexity index is 430. The second-order valence-corrected chi connectivity index (χ2v) is 5.10. The molecule has 106 valence electrons. The smallest absolute Gasteiger partial charge is 0.226 e. The molecule has 0 saturated heterocycles. The van der Waals surface area contributed by atoms with E-state index in [4.69, 9.17) is 4.74 Å². The van der Waals surface area contributed by atoms with E-state index >= 15 is 0 Å². The number of hydrogen-bond donors (Lipinski definition) is 2. The van der Waals surface area contributed by atoms with E-state index in [9.17, 15) is 4.79 Å². The normalized spacial score (nSPS) is 12.3. The molecule has 0 radical (unpaired) electrons. The maximum Gasteiger partial charge on any atom is 0.226 e. The van der Waals surface area contributed by atoms with Gasteiger partial charge in [-0.15, -0.1) is 0 Å². The van der Waals surface area contributed by atoms with Gasteiger partial charge in [0.1, 0.15) is 0 Å². The number of amides is 1. The third-order valence-electron chi connectivity index (χ3n) is 3.01. The molecule has 1 aromatic carbocycles. The average Bonchev–Trinajstić information content (AvgIpc) is 2.38. The van der Waals surface area contributed by atoms with Gasteiger partial charge in [0.15, 0.2) is 0 Å². The van der Waals surface area contributed by atoms with E-state index in [1.165, 1.54) is 0 Å². The van der Waals surface area contributed by atoms with Crippen molar-refractivity contribution in [2.45, 2.75) is 33.8 Å². The summed E-state index contributed by atoms with van der Waals surface area (Å²) in [6.45, 7) is 8.53. The van der Waals surface area contributed by atoms with Crippen LogP contribution in [0.4, 0.5) is 11.4 Å². The zero-order valence-corrected chi connectivity index (χ0v) is 12.4. The van der Waals surface area contributed by atoms with Gasteiger partial charge in [0.25, 0.3) is 0 Å². The molecule has 1 rings (SSSR count). The van der Waals surface area contributed by atoms with E-state index < -0.39 is 0 Å². The van der Waals surface area contributed by atoms with Gasteiger partial charge in [0, 0.05) is 30.9 Å². The van der Waals surface area contributed by atoms with Crippen LogP contribution < -0.4 is 10.6 Å². The van der Waals surface area contributed by atoms with Gasteiger partial charge >= 0.3 is 0 Å². The molecule has 0 aliphatic rings. The van der Waals surface area contributed by atoms with Crippen LogP contribution in [0, 0.1) is 12.8 Å². The molecule has 0 aromatic heterocycles. The van der Waals surface area contributed by atoms with Gasteiger partial charge in [-0.25, -0.2) is 0 Å². The van der Waals surface area contributed by atoms with Crippen LogP contribution in [-0.2, 0) is 9.53 Å². The lowest BCUT2D eigenvalue weighted by molar-refractivity contribution is -0.118. The zero-order chi connectivity index (χ0) is 14.4. The molecule has 0 aliphatic heterocycles. The van der Waals surface area contributed by atoms with Crippen molar-refractivity contribution in [1.29, 1.82) is 0 Å². The number of rotatable bonds is 6. The third-order valence-corrected chi connectivity index (χ3v) is 3.01. The molecule has 4 nitrogen and oxygen atoms in total. The van der Waals surface area contributed by atoms with Crippen molar-refractivity contribution in [1.82, 2.24) is 0 Å². The molecule has 0 bridgehead atoms. The quantitative estimate of drug-likeness (QED) is 0.830. The number of hydrogen-bond acceptors (Lipinski definition) is 3. The van der Waals surface area contributed by atoms with Gasteiger partial charge in [-0.3, -0.25) is 4.79 Å². The second-order valence-electron chi connectivity index (χ2n) is 5.10. The highest BCUT2D eigenvalue weighted by Crippen LogP contribution is 2.20. The van der Waals surface area contributed by atoms with Crippen LogP contribution in [0.3, 0.4) is 0 Å². The predicted molar refractivity (Wildman–Crippen MR) is 79.6 cm³/mol. The first-order valence-electron chi connectivity index (χ1n) is 6.62. The Labute approximate surface area is 115 Å². The predicted octanol–water partition coefficient (Wildman–Crippen LogP) is 3.04. The summed E-state index contributed by atoms with van der Waals surface area (Å²) in [5.41, 5.74) is 2.98. The molecule has 2 N–H and O–H groups in total. The third kappa shape index (κ3) is 4.91. The zero-order valence-electron chi connectivity index (χ0n) is 12.4. The van der Waals surface area contributed by atoms with Crippen molar-refractivity contribution in [3.63, 3.8) is 0 Å². The summed E-state index contributed by atoms with van der Waals surface area (Å²) in [5.74, 6) is 0.00582. The Morgan fingerprint density at radius 3 is 2.58 bits per heavy atom. The highest BCUT2D eigenvalue weighted by atomic mass is 16.5. The molecule has 0 unspecified atom stereocenters. The van der Waals surface area contributed by atoms with Gasteiger partial charge in [0.05, 0.1) is 6.10 Å². The first-order valence-corrected chi connectivity index (χ1v) is 6.62. The Balaban J connectivity index is 2.74. The van der Waals surface area contributed by atoms with Crippen LogP contribution in [0.15, 0.2) is 18.2 Å². The Kier molecular flexibility index (Phi) is 5.83. The molecule has 1 aromatic rings. The first kappa shape index (κ1) is 15.5. The van der Waals surface area contributed by atoms with Gasteiger partial charge in [-0.05, 0) is 31.5 Å². The van der Waals surface area contributed by atoms with Gasteiger partial charge in [0.2, 0.25) is 5.91 Å². The number of benzene rings is 1. The summed E-state index contributed by atoms with van der Waals surface area (Å²) >= 11 is 0. The van der Waals surface area contributed by atoms with Crippen molar-refractivity contribution < 1.29 is 9.53 Å². The molecule has 1 amide bonds. The van der Waals surface area contributed by atoms with Crippen molar-refractivity contribution in [3.8, 4) is 0 Å². The second kappa shape index (κ2) is 7.14. The van der Waals surface area contributed by atoms with E-state index in [0.717, 1.165) is 23.5 Å². The van der Waals surface area contributed by atoms with Gasteiger partial charge in [-0.2, -0.15) is 0 Å². The largest absolute Gasteiger partial charge is 0.382 e. The standard InChI is InChI=1S/C15H24N2O2/c1-10(2)15(18)17-13-7-6-11(3)14(8-13)16-9-12(4)19-5/h6-8,10,12,16H,9H2,1-5H3,(H,17,18)/t12-/m0/s1. The topological polar surface area (TPSA) is 50.4 Å². The van der Waals surface area contributed by atoms with Crippen LogP contribution in [-0.4, -0.2) is 25.7 Å².